The van der Waals surface area contributed by atoms with Gasteiger partial charge in [0.1, 0.15) is 11.5 Å². The van der Waals surface area contributed by atoms with Gasteiger partial charge in [0.05, 0.1) is 22.0 Å². The SMILES string of the molecule is Fc1ccc(N=c2scc(-c3ccc(Cl)cc3Cl)n2N=Cc2ccc(Cl)cc2Cl)c(F)c1. The van der Waals surface area contributed by atoms with Gasteiger partial charge in [-0.25, -0.2) is 18.4 Å². The van der Waals surface area contributed by atoms with Crippen molar-refractivity contribution >= 4 is 69.6 Å². The third kappa shape index (κ3) is 5.05. The Kier molecular flexibility index (Phi) is 6.98. The van der Waals surface area contributed by atoms with Gasteiger partial charge in [-0.15, -0.1) is 11.3 Å². The second-order valence-electron chi connectivity index (χ2n) is 6.46. The number of benzene rings is 3. The molecule has 0 spiro atoms. The van der Waals surface area contributed by atoms with Crippen LogP contribution < -0.4 is 4.80 Å². The Morgan fingerprint density at radius 3 is 2.25 bits per heavy atom. The van der Waals surface area contributed by atoms with Crippen LogP contribution in [-0.2, 0) is 0 Å². The Morgan fingerprint density at radius 2 is 1.56 bits per heavy atom. The van der Waals surface area contributed by atoms with Crippen LogP contribution in [0, 0.1) is 11.6 Å². The zero-order valence-electron chi connectivity index (χ0n) is 15.9. The number of aromatic nitrogens is 1. The molecule has 0 unspecified atom stereocenters. The molecule has 0 saturated heterocycles. The fraction of sp³-hybridized carbons (Fsp3) is 0. The van der Waals surface area contributed by atoms with Gasteiger partial charge in [0.25, 0.3) is 0 Å². The first-order valence-corrected chi connectivity index (χ1v) is 11.4. The van der Waals surface area contributed by atoms with E-state index in [1.807, 2.05) is 0 Å². The minimum absolute atomic E-state index is 0.0320. The average Bonchev–Trinajstić information content (AvgIpc) is 3.11. The fourth-order valence-electron chi connectivity index (χ4n) is 2.77. The van der Waals surface area contributed by atoms with Crippen LogP contribution in [0.3, 0.4) is 0 Å². The molecule has 1 heterocycles. The van der Waals surface area contributed by atoms with E-state index in [2.05, 4.69) is 10.1 Å². The van der Waals surface area contributed by atoms with Crippen molar-refractivity contribution in [1.82, 2.24) is 4.68 Å². The largest absolute Gasteiger partial charge is 0.217 e. The minimum atomic E-state index is -0.791. The van der Waals surface area contributed by atoms with Crippen LogP contribution in [0.5, 0.6) is 0 Å². The Labute approximate surface area is 205 Å². The van der Waals surface area contributed by atoms with E-state index in [1.54, 1.807) is 41.8 Å². The van der Waals surface area contributed by atoms with E-state index in [4.69, 9.17) is 46.4 Å². The molecule has 0 N–H and O–H groups in total. The second-order valence-corrected chi connectivity index (χ2v) is 8.98. The summed E-state index contributed by atoms with van der Waals surface area (Å²) in [5.74, 6) is -1.48. The summed E-state index contributed by atoms with van der Waals surface area (Å²) >= 11 is 25.8. The van der Waals surface area contributed by atoms with Crippen molar-refractivity contribution in [2.45, 2.75) is 0 Å². The summed E-state index contributed by atoms with van der Waals surface area (Å²) in [6.45, 7) is 0. The van der Waals surface area contributed by atoms with E-state index in [0.717, 1.165) is 12.1 Å². The lowest BCUT2D eigenvalue weighted by atomic mass is 10.2. The third-order valence-electron chi connectivity index (χ3n) is 4.29. The summed E-state index contributed by atoms with van der Waals surface area (Å²) in [6, 6.07) is 13.2. The Bertz CT molecular complexity index is 1410. The maximum Gasteiger partial charge on any atom is 0.211 e. The van der Waals surface area contributed by atoms with E-state index >= 15 is 0 Å². The molecule has 0 atom stereocenters. The highest BCUT2D eigenvalue weighted by Gasteiger charge is 2.13. The highest BCUT2D eigenvalue weighted by Crippen LogP contribution is 2.31. The highest BCUT2D eigenvalue weighted by atomic mass is 35.5. The van der Waals surface area contributed by atoms with Crippen molar-refractivity contribution in [3.05, 3.63) is 102 Å². The van der Waals surface area contributed by atoms with Crippen molar-refractivity contribution in [2.75, 3.05) is 0 Å². The van der Waals surface area contributed by atoms with Gasteiger partial charge >= 0.3 is 0 Å². The zero-order valence-corrected chi connectivity index (χ0v) is 19.7. The number of nitrogens with zero attached hydrogens (tertiary/aromatic N) is 3. The van der Waals surface area contributed by atoms with Gasteiger partial charge in [-0.1, -0.05) is 52.5 Å². The summed E-state index contributed by atoms with van der Waals surface area (Å²) in [5, 5.41) is 8.07. The molecule has 162 valence electrons. The van der Waals surface area contributed by atoms with E-state index in [-0.39, 0.29) is 5.69 Å². The highest BCUT2D eigenvalue weighted by molar-refractivity contribution is 7.07. The normalized spacial score (nSPS) is 12.1. The lowest BCUT2D eigenvalue weighted by Gasteiger charge is -2.07. The summed E-state index contributed by atoms with van der Waals surface area (Å²) in [7, 11) is 0. The van der Waals surface area contributed by atoms with Crippen molar-refractivity contribution in [3.8, 4) is 11.3 Å². The molecular formula is C22H11Cl4F2N3S. The smallest absolute Gasteiger partial charge is 0.211 e. The first-order chi connectivity index (χ1) is 15.3. The maximum absolute atomic E-state index is 14.2. The molecule has 0 radical (unpaired) electrons. The first kappa shape index (κ1) is 23.0. The van der Waals surface area contributed by atoms with E-state index in [1.165, 1.54) is 28.3 Å². The van der Waals surface area contributed by atoms with Crippen LogP contribution in [0.4, 0.5) is 14.5 Å². The first-order valence-electron chi connectivity index (χ1n) is 8.97. The summed E-state index contributed by atoms with van der Waals surface area (Å²) in [5.41, 5.74) is 1.82. The standard InChI is InChI=1S/C22H11Cl4F2N3S/c23-13-2-1-12(17(25)7-13)10-29-31-21(16-5-3-14(24)8-18(16)26)11-32-22(31)30-20-6-4-15(27)9-19(20)28/h1-11H. The molecule has 3 aromatic carbocycles. The molecule has 4 rings (SSSR count). The van der Waals surface area contributed by atoms with Crippen LogP contribution >= 0.6 is 57.7 Å². The van der Waals surface area contributed by atoms with Crippen LogP contribution in [0.25, 0.3) is 11.3 Å². The summed E-state index contributed by atoms with van der Waals surface area (Å²) in [4.78, 5) is 4.66. The predicted octanol–water partition coefficient (Wildman–Crippen LogP) is 8.22. The molecule has 4 aromatic rings. The maximum atomic E-state index is 14.2. The van der Waals surface area contributed by atoms with Crippen LogP contribution in [0.1, 0.15) is 5.56 Å². The molecule has 10 heteroatoms. The second kappa shape index (κ2) is 9.73. The molecule has 0 aliphatic heterocycles. The molecule has 0 fully saturated rings. The molecule has 0 saturated carbocycles. The summed E-state index contributed by atoms with van der Waals surface area (Å²) in [6.07, 6.45) is 1.53. The van der Waals surface area contributed by atoms with Crippen LogP contribution in [0.15, 0.2) is 70.1 Å². The Hall–Kier alpha value is -2.22. The number of hydrogen-bond acceptors (Lipinski definition) is 3. The van der Waals surface area contributed by atoms with Gasteiger partial charge in [-0.2, -0.15) is 5.10 Å². The van der Waals surface area contributed by atoms with E-state index < -0.39 is 11.6 Å². The van der Waals surface area contributed by atoms with Crippen molar-refractivity contribution in [1.29, 1.82) is 0 Å². The number of thiazole rings is 1. The molecule has 32 heavy (non-hydrogen) atoms. The van der Waals surface area contributed by atoms with Crippen molar-refractivity contribution in [2.24, 2.45) is 10.1 Å². The number of rotatable bonds is 4. The van der Waals surface area contributed by atoms with Crippen molar-refractivity contribution < 1.29 is 8.78 Å². The lowest BCUT2D eigenvalue weighted by Crippen LogP contribution is -2.12. The molecule has 1 aromatic heterocycles. The van der Waals surface area contributed by atoms with E-state index in [9.17, 15) is 8.78 Å². The minimum Gasteiger partial charge on any atom is -0.217 e. The Morgan fingerprint density at radius 1 is 0.844 bits per heavy atom. The van der Waals surface area contributed by atoms with Crippen molar-refractivity contribution in [3.63, 3.8) is 0 Å². The Balaban J connectivity index is 1.90. The predicted molar refractivity (Wildman–Crippen MR) is 129 cm³/mol. The quantitative estimate of drug-likeness (QED) is 0.239. The molecule has 0 amide bonds. The van der Waals surface area contributed by atoms with Crippen LogP contribution in [-0.4, -0.2) is 10.9 Å². The van der Waals surface area contributed by atoms with Gasteiger partial charge in [-0.3, -0.25) is 0 Å². The van der Waals surface area contributed by atoms with Gasteiger partial charge in [0.15, 0.2) is 5.82 Å². The monoisotopic (exact) mass is 527 g/mol. The zero-order chi connectivity index (χ0) is 22.8. The van der Waals surface area contributed by atoms with Gasteiger partial charge < -0.3 is 0 Å². The molecule has 0 aliphatic rings. The van der Waals surface area contributed by atoms with Gasteiger partial charge in [0.2, 0.25) is 4.80 Å². The lowest BCUT2D eigenvalue weighted by molar-refractivity contribution is 0.584. The fourth-order valence-corrected chi connectivity index (χ4v) is 4.58. The molecule has 0 aliphatic carbocycles. The third-order valence-corrected chi connectivity index (χ3v) is 6.22. The van der Waals surface area contributed by atoms with Gasteiger partial charge in [-0.05, 0) is 42.5 Å². The summed E-state index contributed by atoms with van der Waals surface area (Å²) < 4.78 is 29.0. The van der Waals surface area contributed by atoms with Crippen LogP contribution in [0.2, 0.25) is 20.1 Å². The van der Waals surface area contributed by atoms with Gasteiger partial charge in [0, 0.05) is 32.6 Å². The number of halogens is 6. The average molecular weight is 529 g/mol. The molecule has 3 nitrogen and oxygen atoms in total. The molecule has 0 bridgehead atoms. The topological polar surface area (TPSA) is 29.6 Å². The number of hydrogen-bond donors (Lipinski definition) is 0. The molecular weight excluding hydrogens is 518 g/mol. The van der Waals surface area contributed by atoms with E-state index in [0.29, 0.717) is 41.7 Å².